The second kappa shape index (κ2) is 7.91. The molecule has 11 heteroatoms. The average molecular weight is 428 g/mol. The summed E-state index contributed by atoms with van der Waals surface area (Å²) in [7, 11) is -2.28. The van der Waals surface area contributed by atoms with E-state index in [-0.39, 0.29) is 36.6 Å². The summed E-state index contributed by atoms with van der Waals surface area (Å²) in [5.74, 6) is -2.15. The minimum Gasteiger partial charge on any atom is -0.437 e. The van der Waals surface area contributed by atoms with E-state index in [0.29, 0.717) is 25.7 Å². The van der Waals surface area contributed by atoms with Crippen LogP contribution in [0.3, 0.4) is 0 Å². The molecule has 0 saturated heterocycles. The number of methoxy groups -OCH3 is 1. The summed E-state index contributed by atoms with van der Waals surface area (Å²) in [4.78, 5) is 3.71. The number of aromatic nitrogens is 1. The van der Waals surface area contributed by atoms with E-state index >= 15 is 0 Å². The summed E-state index contributed by atoms with van der Waals surface area (Å²) in [6, 6.07) is 0. The Hall–Kier alpha value is -1.20. The smallest absolute Gasteiger partial charge is 0.437 e. The maximum absolute atomic E-state index is 14.3. The number of sulfonamides is 1. The molecule has 2 aliphatic rings. The van der Waals surface area contributed by atoms with Crippen molar-refractivity contribution in [3.63, 3.8) is 0 Å². The van der Waals surface area contributed by atoms with Crippen LogP contribution in [0.25, 0.3) is 0 Å². The quantitative estimate of drug-likeness (QED) is 0.739. The molecule has 1 aromatic rings. The van der Waals surface area contributed by atoms with Gasteiger partial charge in [-0.2, -0.15) is 13.2 Å². The van der Waals surface area contributed by atoms with Gasteiger partial charge in [-0.3, -0.25) is 0 Å². The number of halogens is 4. The van der Waals surface area contributed by atoms with Crippen molar-refractivity contribution in [3.8, 4) is 0 Å². The Morgan fingerprint density at radius 1 is 1.11 bits per heavy atom. The summed E-state index contributed by atoms with van der Waals surface area (Å²) in [5.41, 5.74) is 0.174. The van der Waals surface area contributed by atoms with E-state index in [9.17, 15) is 26.0 Å². The third-order valence-corrected chi connectivity index (χ3v) is 7.24. The van der Waals surface area contributed by atoms with Crippen LogP contribution < -0.4 is 5.14 Å². The summed E-state index contributed by atoms with van der Waals surface area (Å²) < 4.78 is 87.0. The van der Waals surface area contributed by atoms with Gasteiger partial charge in [0.25, 0.3) is 0 Å². The molecule has 0 aromatic carbocycles. The highest BCUT2D eigenvalue weighted by molar-refractivity contribution is 7.89. The molecule has 1 aromatic heterocycles. The van der Waals surface area contributed by atoms with Gasteiger partial charge in [0.15, 0.2) is 0 Å². The van der Waals surface area contributed by atoms with Gasteiger partial charge in [-0.15, -0.1) is 0 Å². The molecule has 2 saturated carbocycles. The summed E-state index contributed by atoms with van der Waals surface area (Å²) in [5, 5.41) is 4.48. The first-order valence-corrected chi connectivity index (χ1v) is 10.9. The van der Waals surface area contributed by atoms with Gasteiger partial charge in [0.05, 0.1) is 17.0 Å². The van der Waals surface area contributed by atoms with E-state index in [0.717, 1.165) is 0 Å². The number of primary sulfonamides is 1. The lowest BCUT2D eigenvalue weighted by atomic mass is 9.80. The molecule has 3 atom stereocenters. The lowest BCUT2D eigenvalue weighted by molar-refractivity contribution is -0.157. The monoisotopic (exact) mass is 428 g/mol. The molecule has 6 nitrogen and oxygen atoms in total. The number of ether oxygens (including phenoxy) is 1. The first-order chi connectivity index (χ1) is 13.0. The highest BCUT2D eigenvalue weighted by atomic mass is 32.2. The number of hydrogen-bond acceptors (Lipinski definition) is 5. The van der Waals surface area contributed by atoms with Crippen LogP contribution in [0.2, 0.25) is 0 Å². The van der Waals surface area contributed by atoms with Gasteiger partial charge in [0.1, 0.15) is 11.9 Å². The van der Waals surface area contributed by atoms with Crippen LogP contribution in [0.1, 0.15) is 74.1 Å². The van der Waals surface area contributed by atoms with Crippen molar-refractivity contribution in [1.29, 1.82) is 0 Å². The molecule has 0 aliphatic heterocycles. The summed E-state index contributed by atoms with van der Waals surface area (Å²) in [6.45, 7) is 0. The molecule has 2 aliphatic carbocycles. The fraction of sp³-hybridized carbons (Fsp3) is 0.824. The van der Waals surface area contributed by atoms with Crippen LogP contribution in [0.4, 0.5) is 17.6 Å². The first-order valence-electron chi connectivity index (χ1n) is 9.27. The second-order valence-corrected chi connectivity index (χ2v) is 9.47. The van der Waals surface area contributed by atoms with Crippen LogP contribution in [0.15, 0.2) is 4.42 Å². The minimum atomic E-state index is -4.75. The standard InChI is InChI=1S/C17H24F4N2O4S/c1-26-13-7-4-10(8-12(13)18)15-14(23-16(27-15)17(19,20)21)9-2-5-11(6-3-9)28(22,24)25/h9-13H,2-8H2,1H3,(H2,22,24,25). The van der Waals surface area contributed by atoms with E-state index < -0.39 is 45.5 Å². The molecule has 28 heavy (non-hydrogen) atoms. The van der Waals surface area contributed by atoms with E-state index in [1.165, 1.54) is 7.11 Å². The molecule has 0 radical (unpaired) electrons. The van der Waals surface area contributed by atoms with Crippen LogP contribution in [-0.4, -0.2) is 38.0 Å². The van der Waals surface area contributed by atoms with Crippen molar-refractivity contribution in [1.82, 2.24) is 4.98 Å². The zero-order valence-corrected chi connectivity index (χ0v) is 16.2. The largest absolute Gasteiger partial charge is 0.468 e. The van der Waals surface area contributed by atoms with Gasteiger partial charge >= 0.3 is 12.1 Å². The Labute approximate surface area is 160 Å². The van der Waals surface area contributed by atoms with Gasteiger partial charge in [-0.1, -0.05) is 0 Å². The SMILES string of the molecule is COC1CCC(c2oc(C(F)(F)F)nc2C2CCC(S(N)(=O)=O)CC2)CC1F. The Morgan fingerprint density at radius 3 is 2.21 bits per heavy atom. The summed E-state index contributed by atoms with van der Waals surface area (Å²) in [6.07, 6.45) is -4.63. The Balaban J connectivity index is 1.85. The van der Waals surface area contributed by atoms with E-state index in [4.69, 9.17) is 14.3 Å². The normalized spacial score (nSPS) is 32.4. The Bertz CT molecular complexity index is 788. The Kier molecular flexibility index (Phi) is 6.07. The first kappa shape index (κ1) is 21.5. The third-order valence-electron chi connectivity index (χ3n) is 5.84. The van der Waals surface area contributed by atoms with E-state index in [2.05, 4.69) is 4.98 Å². The van der Waals surface area contributed by atoms with Crippen molar-refractivity contribution in [2.45, 2.75) is 80.5 Å². The highest BCUT2D eigenvalue weighted by Gasteiger charge is 2.43. The number of alkyl halides is 4. The van der Waals surface area contributed by atoms with Crippen LogP contribution in [-0.2, 0) is 20.9 Å². The zero-order chi connectivity index (χ0) is 20.7. The van der Waals surface area contributed by atoms with Gasteiger partial charge in [0, 0.05) is 18.9 Å². The predicted octanol–water partition coefficient (Wildman–Crippen LogP) is 3.63. The van der Waals surface area contributed by atoms with Gasteiger partial charge in [-0.25, -0.2) is 22.9 Å². The fourth-order valence-electron chi connectivity index (χ4n) is 4.31. The highest BCUT2D eigenvalue weighted by Crippen LogP contribution is 2.44. The van der Waals surface area contributed by atoms with Crippen LogP contribution >= 0.6 is 0 Å². The second-order valence-electron chi connectivity index (χ2n) is 7.63. The van der Waals surface area contributed by atoms with E-state index in [1.54, 1.807) is 0 Å². The van der Waals surface area contributed by atoms with Gasteiger partial charge < -0.3 is 9.15 Å². The number of hydrogen-bond donors (Lipinski definition) is 1. The Morgan fingerprint density at radius 2 is 1.71 bits per heavy atom. The molecule has 2 N–H and O–H groups in total. The number of rotatable bonds is 4. The fourth-order valence-corrected chi connectivity index (χ4v) is 5.24. The topological polar surface area (TPSA) is 95.4 Å². The van der Waals surface area contributed by atoms with Gasteiger partial charge in [-0.05, 0) is 44.9 Å². The van der Waals surface area contributed by atoms with Crippen molar-refractivity contribution in [2.24, 2.45) is 5.14 Å². The molecular weight excluding hydrogens is 404 g/mol. The minimum absolute atomic E-state index is 0.00449. The summed E-state index contributed by atoms with van der Waals surface area (Å²) >= 11 is 0. The van der Waals surface area contributed by atoms with Gasteiger partial charge in [0.2, 0.25) is 10.0 Å². The zero-order valence-electron chi connectivity index (χ0n) is 15.4. The van der Waals surface area contributed by atoms with Crippen molar-refractivity contribution in [2.75, 3.05) is 7.11 Å². The average Bonchev–Trinajstić information content (AvgIpc) is 3.07. The molecule has 0 amide bonds. The van der Waals surface area contributed by atoms with E-state index in [1.807, 2.05) is 0 Å². The number of oxazole rings is 1. The molecule has 2 fully saturated rings. The molecule has 3 rings (SSSR count). The third kappa shape index (κ3) is 4.51. The lowest BCUT2D eigenvalue weighted by Gasteiger charge is -2.31. The van der Waals surface area contributed by atoms with Crippen LogP contribution in [0.5, 0.6) is 0 Å². The molecule has 1 heterocycles. The van der Waals surface area contributed by atoms with Crippen molar-refractivity contribution < 1.29 is 35.1 Å². The number of nitrogens with two attached hydrogens (primary N) is 1. The van der Waals surface area contributed by atoms with Crippen molar-refractivity contribution >= 4 is 10.0 Å². The molecule has 0 bridgehead atoms. The van der Waals surface area contributed by atoms with Crippen LogP contribution in [0, 0.1) is 0 Å². The molecule has 160 valence electrons. The maximum Gasteiger partial charge on any atom is 0.468 e. The molecule has 0 spiro atoms. The lowest BCUT2D eigenvalue weighted by Crippen LogP contribution is -2.33. The maximum atomic E-state index is 14.3. The predicted molar refractivity (Wildman–Crippen MR) is 91.9 cm³/mol. The molecular formula is C17H24F4N2O4S. The number of nitrogens with zero attached hydrogens (tertiary/aromatic N) is 1. The van der Waals surface area contributed by atoms with Crippen molar-refractivity contribution in [3.05, 3.63) is 17.3 Å². The molecule has 3 unspecified atom stereocenters.